The van der Waals surface area contributed by atoms with Crippen molar-refractivity contribution in [1.82, 2.24) is 14.6 Å². The van der Waals surface area contributed by atoms with Gasteiger partial charge in [0.1, 0.15) is 0 Å². The van der Waals surface area contributed by atoms with Crippen molar-refractivity contribution >= 4 is 23.2 Å². The molecule has 0 unspecified atom stereocenters. The number of anilines is 1. The molecule has 0 aromatic carbocycles. The van der Waals surface area contributed by atoms with Crippen molar-refractivity contribution in [1.29, 1.82) is 0 Å². The van der Waals surface area contributed by atoms with Gasteiger partial charge in [0, 0.05) is 19.3 Å². The van der Waals surface area contributed by atoms with Gasteiger partial charge in [-0.15, -0.1) is 5.10 Å². The van der Waals surface area contributed by atoms with Gasteiger partial charge in [0.25, 0.3) is 0 Å². The third kappa shape index (κ3) is 1.78. The number of aromatic nitrogens is 3. The van der Waals surface area contributed by atoms with Crippen LogP contribution in [0.4, 0.5) is 5.95 Å². The first-order valence-electron chi connectivity index (χ1n) is 4.25. The number of hydrogen-bond acceptors (Lipinski definition) is 4. The normalized spacial score (nSPS) is 10.7. The summed E-state index contributed by atoms with van der Waals surface area (Å²) in [5, 5.41) is 7.79. The molecule has 0 atom stereocenters. The third-order valence-electron chi connectivity index (χ3n) is 1.72. The second-order valence-electron chi connectivity index (χ2n) is 2.80. The van der Waals surface area contributed by atoms with E-state index in [1.807, 2.05) is 6.07 Å². The summed E-state index contributed by atoms with van der Waals surface area (Å²) in [5.41, 5.74) is 6.11. The van der Waals surface area contributed by atoms with Gasteiger partial charge in [-0.25, -0.2) is 4.52 Å². The molecule has 2 rings (SSSR count). The average molecular weight is 212 g/mol. The Balaban J connectivity index is 2.32. The summed E-state index contributed by atoms with van der Waals surface area (Å²) >= 11 is 5.80. The van der Waals surface area contributed by atoms with Crippen molar-refractivity contribution in [3.63, 3.8) is 0 Å². The van der Waals surface area contributed by atoms with Crippen molar-refractivity contribution in [2.45, 2.75) is 0 Å². The number of rotatable bonds is 3. The Morgan fingerprint density at radius 1 is 1.50 bits per heavy atom. The van der Waals surface area contributed by atoms with E-state index in [4.69, 9.17) is 17.3 Å². The lowest BCUT2D eigenvalue weighted by atomic mass is 10.5. The van der Waals surface area contributed by atoms with Crippen LogP contribution in [-0.4, -0.2) is 27.7 Å². The van der Waals surface area contributed by atoms with E-state index in [1.165, 1.54) is 0 Å². The Labute approximate surface area is 85.9 Å². The molecule has 0 saturated heterocycles. The summed E-state index contributed by atoms with van der Waals surface area (Å²) in [4.78, 5) is 4.22. The van der Waals surface area contributed by atoms with Crippen LogP contribution in [0.2, 0.25) is 5.02 Å². The zero-order valence-corrected chi connectivity index (χ0v) is 8.20. The summed E-state index contributed by atoms with van der Waals surface area (Å²) in [7, 11) is 0. The Bertz CT molecular complexity index is 438. The molecule has 74 valence electrons. The van der Waals surface area contributed by atoms with E-state index in [-0.39, 0.29) is 0 Å². The van der Waals surface area contributed by atoms with Crippen LogP contribution in [0.1, 0.15) is 0 Å². The molecule has 5 nitrogen and oxygen atoms in total. The highest BCUT2D eigenvalue weighted by atomic mass is 35.5. The smallest absolute Gasteiger partial charge is 0.243 e. The molecule has 0 aliphatic carbocycles. The molecule has 3 N–H and O–H groups in total. The number of nitrogens with one attached hydrogen (secondary N) is 1. The molecule has 0 aliphatic rings. The summed E-state index contributed by atoms with van der Waals surface area (Å²) in [6, 6.07) is 3.58. The number of pyridine rings is 1. The van der Waals surface area contributed by atoms with Crippen molar-refractivity contribution in [2.75, 3.05) is 18.4 Å². The maximum absolute atomic E-state index is 5.80. The van der Waals surface area contributed by atoms with E-state index in [2.05, 4.69) is 15.4 Å². The van der Waals surface area contributed by atoms with Crippen LogP contribution in [0.5, 0.6) is 0 Å². The molecular weight excluding hydrogens is 202 g/mol. The quantitative estimate of drug-likeness (QED) is 0.787. The summed E-state index contributed by atoms with van der Waals surface area (Å²) in [5.74, 6) is 0.567. The minimum atomic E-state index is 0.552. The SMILES string of the molecule is NCCNc1nc2ccc(Cl)cn2n1. The van der Waals surface area contributed by atoms with Gasteiger partial charge in [-0.3, -0.25) is 0 Å². The highest BCUT2D eigenvalue weighted by molar-refractivity contribution is 6.30. The summed E-state index contributed by atoms with van der Waals surface area (Å²) < 4.78 is 1.63. The molecule has 0 spiro atoms. The number of nitrogens with two attached hydrogens (primary N) is 1. The fraction of sp³-hybridized carbons (Fsp3) is 0.250. The van der Waals surface area contributed by atoms with Crippen molar-refractivity contribution in [3.05, 3.63) is 23.4 Å². The van der Waals surface area contributed by atoms with Crippen LogP contribution in [-0.2, 0) is 0 Å². The van der Waals surface area contributed by atoms with Crippen molar-refractivity contribution in [2.24, 2.45) is 5.73 Å². The predicted molar refractivity (Wildman–Crippen MR) is 55.5 cm³/mol. The minimum absolute atomic E-state index is 0.552. The second-order valence-corrected chi connectivity index (χ2v) is 3.24. The largest absolute Gasteiger partial charge is 0.352 e. The van der Waals surface area contributed by atoms with Gasteiger partial charge in [0.15, 0.2) is 5.65 Å². The van der Waals surface area contributed by atoms with Crippen LogP contribution in [0, 0.1) is 0 Å². The van der Waals surface area contributed by atoms with Gasteiger partial charge < -0.3 is 11.1 Å². The molecule has 0 bridgehead atoms. The van der Waals surface area contributed by atoms with Gasteiger partial charge in [0.05, 0.1) is 5.02 Å². The van der Waals surface area contributed by atoms with E-state index in [1.54, 1.807) is 16.8 Å². The Morgan fingerprint density at radius 3 is 3.14 bits per heavy atom. The molecule has 0 saturated carbocycles. The highest BCUT2D eigenvalue weighted by Gasteiger charge is 2.01. The molecule has 0 aliphatic heterocycles. The average Bonchev–Trinajstić information content (AvgIpc) is 2.56. The maximum Gasteiger partial charge on any atom is 0.243 e. The van der Waals surface area contributed by atoms with Crippen LogP contribution in [0.25, 0.3) is 5.65 Å². The summed E-state index contributed by atoms with van der Waals surface area (Å²) in [6.07, 6.45) is 1.71. The number of hydrogen-bond donors (Lipinski definition) is 2. The molecule has 6 heteroatoms. The monoisotopic (exact) mass is 211 g/mol. The molecule has 0 radical (unpaired) electrons. The van der Waals surface area contributed by atoms with Crippen LogP contribution < -0.4 is 11.1 Å². The fourth-order valence-corrected chi connectivity index (χ4v) is 1.27. The molecule has 0 fully saturated rings. The molecule has 2 aromatic heterocycles. The lowest BCUT2D eigenvalue weighted by Gasteiger charge is -1.94. The lowest BCUT2D eigenvalue weighted by molar-refractivity contribution is 0.940. The van der Waals surface area contributed by atoms with Gasteiger partial charge >= 0.3 is 0 Å². The van der Waals surface area contributed by atoms with Crippen LogP contribution in [0.3, 0.4) is 0 Å². The first kappa shape index (κ1) is 9.23. The first-order valence-corrected chi connectivity index (χ1v) is 4.63. The van der Waals surface area contributed by atoms with E-state index >= 15 is 0 Å². The lowest BCUT2D eigenvalue weighted by Crippen LogP contribution is -2.13. The minimum Gasteiger partial charge on any atom is -0.352 e. The zero-order valence-electron chi connectivity index (χ0n) is 7.44. The molecular formula is C8H10ClN5. The predicted octanol–water partition coefficient (Wildman–Crippen LogP) is 0.753. The Morgan fingerprint density at radius 2 is 2.36 bits per heavy atom. The van der Waals surface area contributed by atoms with Gasteiger partial charge in [0.2, 0.25) is 5.95 Å². The number of halogens is 1. The van der Waals surface area contributed by atoms with Crippen LogP contribution >= 0.6 is 11.6 Å². The summed E-state index contributed by atoms with van der Waals surface area (Å²) in [6.45, 7) is 1.21. The van der Waals surface area contributed by atoms with E-state index < -0.39 is 0 Å². The topological polar surface area (TPSA) is 68.2 Å². The third-order valence-corrected chi connectivity index (χ3v) is 1.95. The molecule has 14 heavy (non-hydrogen) atoms. The molecule has 2 aromatic rings. The Kier molecular flexibility index (Phi) is 2.51. The van der Waals surface area contributed by atoms with Crippen molar-refractivity contribution < 1.29 is 0 Å². The maximum atomic E-state index is 5.80. The standard InChI is InChI=1S/C8H10ClN5/c9-6-1-2-7-12-8(11-4-3-10)13-14(7)5-6/h1-2,5H,3-4,10H2,(H,11,13). The van der Waals surface area contributed by atoms with E-state index in [0.29, 0.717) is 24.1 Å². The number of fused-ring (bicyclic) bond motifs is 1. The van der Waals surface area contributed by atoms with E-state index in [0.717, 1.165) is 5.65 Å². The van der Waals surface area contributed by atoms with Gasteiger partial charge in [-0.1, -0.05) is 11.6 Å². The molecule has 0 amide bonds. The fourth-order valence-electron chi connectivity index (χ4n) is 1.12. The first-order chi connectivity index (χ1) is 6.79. The van der Waals surface area contributed by atoms with Crippen molar-refractivity contribution in [3.8, 4) is 0 Å². The zero-order chi connectivity index (χ0) is 9.97. The van der Waals surface area contributed by atoms with Crippen LogP contribution in [0.15, 0.2) is 18.3 Å². The van der Waals surface area contributed by atoms with E-state index in [9.17, 15) is 0 Å². The highest BCUT2D eigenvalue weighted by Crippen LogP contribution is 2.10. The number of nitrogens with zero attached hydrogens (tertiary/aromatic N) is 3. The Hall–Kier alpha value is -1.33. The molecule has 2 heterocycles. The van der Waals surface area contributed by atoms with Gasteiger partial charge in [-0.05, 0) is 12.1 Å². The van der Waals surface area contributed by atoms with Gasteiger partial charge in [-0.2, -0.15) is 4.98 Å². The second kappa shape index (κ2) is 3.81.